The van der Waals surface area contributed by atoms with Crippen molar-refractivity contribution in [2.24, 2.45) is 5.16 Å². The number of aldehydes is 1. The number of piperidine rings is 1. The van der Waals surface area contributed by atoms with Gasteiger partial charge in [-0.1, -0.05) is 23.2 Å². The summed E-state index contributed by atoms with van der Waals surface area (Å²) in [5.41, 5.74) is 0.884. The van der Waals surface area contributed by atoms with Crippen molar-refractivity contribution in [3.63, 3.8) is 0 Å². The average molecular weight is 576 g/mol. The number of hydrogen-bond donors (Lipinski definition) is 0. The normalized spacial score (nSPS) is 21.3. The monoisotopic (exact) mass is 575 g/mol. The van der Waals surface area contributed by atoms with Gasteiger partial charge in [0.15, 0.2) is 6.10 Å². The van der Waals surface area contributed by atoms with E-state index in [1.807, 2.05) is 23.6 Å². The lowest BCUT2D eigenvalue weighted by atomic mass is 9.94. The summed E-state index contributed by atoms with van der Waals surface area (Å²) in [6.45, 7) is 0.516. The smallest absolute Gasteiger partial charge is 0.282 e. The number of benzene rings is 1. The van der Waals surface area contributed by atoms with Crippen molar-refractivity contribution in [3.05, 3.63) is 63.4 Å². The van der Waals surface area contributed by atoms with Crippen LogP contribution in [0.4, 0.5) is 17.6 Å². The number of alkyl halides is 4. The second-order valence-corrected chi connectivity index (χ2v) is 10.3. The number of hydrogen-bond acceptors (Lipinski definition) is 8. The minimum Gasteiger partial charge on any atom is -0.481 e. The lowest BCUT2D eigenvalue weighted by Crippen LogP contribution is -2.41. The maximum atomic E-state index is 13.8. The van der Waals surface area contributed by atoms with E-state index in [0.717, 1.165) is 21.3 Å². The van der Waals surface area contributed by atoms with Gasteiger partial charge in [0, 0.05) is 24.3 Å². The molecule has 2 aliphatic rings. The molecular weight excluding hydrogens is 550 g/mol. The highest BCUT2D eigenvalue weighted by molar-refractivity contribution is 7.10. The van der Waals surface area contributed by atoms with Crippen LogP contribution in [0.2, 0.25) is 0 Å². The van der Waals surface area contributed by atoms with Gasteiger partial charge < -0.3 is 14.4 Å². The van der Waals surface area contributed by atoms with Crippen molar-refractivity contribution < 1.29 is 31.9 Å². The number of oxime groups is 1. The number of likely N-dealkylation sites (tertiary alicyclic amines) is 1. The van der Waals surface area contributed by atoms with Crippen molar-refractivity contribution in [3.8, 4) is 18.1 Å². The Labute approximate surface area is 231 Å². The molecule has 3 unspecified atom stereocenters. The van der Waals surface area contributed by atoms with Crippen LogP contribution in [0.15, 0.2) is 40.9 Å². The molecule has 0 radical (unpaired) electrons. The first-order chi connectivity index (χ1) is 19.4. The highest BCUT2D eigenvalue weighted by atomic mass is 32.1. The SMILES string of the molecule is C#CCOc1cccc(C2CC(c3csc(C4CCN(CC=O)C(n5nc(C(F)F)cc5C(F)F)C4)n3)=NO2)c1. The number of thiazole rings is 1. The van der Waals surface area contributed by atoms with E-state index in [4.69, 9.17) is 21.0 Å². The zero-order chi connectivity index (χ0) is 28.2. The Bertz CT molecular complexity index is 1420. The fourth-order valence-electron chi connectivity index (χ4n) is 4.96. The molecule has 0 spiro atoms. The molecule has 0 saturated carbocycles. The number of ether oxygens (including phenoxy) is 1. The Morgan fingerprint density at radius 2 is 2.10 bits per heavy atom. The second kappa shape index (κ2) is 12.2. The maximum Gasteiger partial charge on any atom is 0.282 e. The van der Waals surface area contributed by atoms with Crippen LogP contribution >= 0.6 is 11.3 Å². The van der Waals surface area contributed by atoms with E-state index in [-0.39, 0.29) is 31.6 Å². The molecule has 0 N–H and O–H groups in total. The molecule has 1 fully saturated rings. The number of aromatic nitrogens is 3. The number of carbonyl (C=O) groups is 1. The summed E-state index contributed by atoms with van der Waals surface area (Å²) >= 11 is 1.41. The van der Waals surface area contributed by atoms with E-state index in [9.17, 15) is 22.4 Å². The van der Waals surface area contributed by atoms with Crippen LogP contribution in [0.1, 0.15) is 78.0 Å². The van der Waals surface area contributed by atoms with Gasteiger partial charge >= 0.3 is 0 Å². The number of halogens is 4. The van der Waals surface area contributed by atoms with Crippen LogP contribution in [0.3, 0.4) is 0 Å². The molecule has 3 aromatic rings. The standard InChI is InChI=1S/C27H25F4N5O3S/c1-2-10-38-18-5-3-4-16(11-18)23-14-19(34-39-23)21-15-40-27(32-21)17-6-7-35(8-9-37)24(12-17)36-22(26(30)31)13-20(33-36)25(28)29/h1,3-5,9,11,13,15,17,23-26H,6-8,10,12,14H2. The number of terminal acetylenes is 1. The summed E-state index contributed by atoms with van der Waals surface area (Å²) in [4.78, 5) is 23.4. The Morgan fingerprint density at radius 1 is 1.25 bits per heavy atom. The van der Waals surface area contributed by atoms with Gasteiger partial charge in [0.1, 0.15) is 41.9 Å². The first kappa shape index (κ1) is 27.8. The van der Waals surface area contributed by atoms with E-state index in [0.29, 0.717) is 42.8 Å². The van der Waals surface area contributed by atoms with Gasteiger partial charge in [-0.3, -0.25) is 4.90 Å². The predicted octanol–water partition coefficient (Wildman–Crippen LogP) is 5.67. The van der Waals surface area contributed by atoms with Crippen molar-refractivity contribution in [1.29, 1.82) is 0 Å². The third-order valence-electron chi connectivity index (χ3n) is 6.89. The summed E-state index contributed by atoms with van der Waals surface area (Å²) in [6, 6.07) is 8.14. The fourth-order valence-corrected chi connectivity index (χ4v) is 5.94. The maximum absolute atomic E-state index is 13.8. The molecule has 40 heavy (non-hydrogen) atoms. The number of rotatable bonds is 10. The molecule has 1 aromatic carbocycles. The van der Waals surface area contributed by atoms with Gasteiger partial charge in [0.2, 0.25) is 0 Å². The quantitative estimate of drug-likeness (QED) is 0.176. The zero-order valence-electron chi connectivity index (χ0n) is 21.1. The van der Waals surface area contributed by atoms with E-state index >= 15 is 0 Å². The molecule has 0 amide bonds. The first-order valence-electron chi connectivity index (χ1n) is 12.6. The minimum atomic E-state index is -3.00. The first-order valence-corrected chi connectivity index (χ1v) is 13.4. The number of nitrogens with zero attached hydrogens (tertiary/aromatic N) is 5. The van der Waals surface area contributed by atoms with Crippen molar-refractivity contribution in [2.45, 2.75) is 50.3 Å². The van der Waals surface area contributed by atoms with Crippen LogP contribution in [0.5, 0.6) is 5.75 Å². The van der Waals surface area contributed by atoms with Crippen LogP contribution in [-0.4, -0.2) is 51.4 Å². The summed E-state index contributed by atoms with van der Waals surface area (Å²) < 4.78 is 60.5. The van der Waals surface area contributed by atoms with Gasteiger partial charge in [-0.05, 0) is 36.6 Å². The third kappa shape index (κ3) is 5.88. The lowest BCUT2D eigenvalue weighted by Gasteiger charge is -2.38. The molecule has 1 saturated heterocycles. The van der Waals surface area contributed by atoms with Crippen LogP contribution in [0.25, 0.3) is 0 Å². The molecule has 0 aliphatic carbocycles. The zero-order valence-corrected chi connectivity index (χ0v) is 21.9. The van der Waals surface area contributed by atoms with Crippen LogP contribution in [-0.2, 0) is 9.63 Å². The van der Waals surface area contributed by atoms with Gasteiger partial charge in [-0.2, -0.15) is 5.10 Å². The molecule has 2 aliphatic heterocycles. The summed E-state index contributed by atoms with van der Waals surface area (Å²) in [7, 11) is 0. The topological polar surface area (TPSA) is 81.8 Å². The van der Waals surface area contributed by atoms with Gasteiger partial charge in [0.25, 0.3) is 12.9 Å². The van der Waals surface area contributed by atoms with Gasteiger partial charge in [0.05, 0.1) is 17.2 Å². The molecule has 2 aromatic heterocycles. The third-order valence-corrected chi connectivity index (χ3v) is 7.90. The summed E-state index contributed by atoms with van der Waals surface area (Å²) in [6.07, 6.45) is 0.204. The number of carbonyl (C=O) groups excluding carboxylic acids is 1. The predicted molar refractivity (Wildman–Crippen MR) is 139 cm³/mol. The molecule has 8 nitrogen and oxygen atoms in total. The Morgan fingerprint density at radius 3 is 2.85 bits per heavy atom. The van der Waals surface area contributed by atoms with E-state index < -0.39 is 30.4 Å². The van der Waals surface area contributed by atoms with Crippen LogP contribution < -0.4 is 4.74 Å². The van der Waals surface area contributed by atoms with Crippen molar-refractivity contribution in [2.75, 3.05) is 19.7 Å². The fraction of sp³-hybridized carbons (Fsp3) is 0.407. The molecule has 5 rings (SSSR count). The summed E-state index contributed by atoms with van der Waals surface area (Å²) in [5, 5.41) is 10.7. The molecular formula is C27H25F4N5O3S. The minimum absolute atomic E-state index is 0.0302. The molecule has 210 valence electrons. The molecule has 13 heteroatoms. The highest BCUT2D eigenvalue weighted by Crippen LogP contribution is 2.40. The largest absolute Gasteiger partial charge is 0.481 e. The molecule has 0 bridgehead atoms. The Hall–Kier alpha value is -3.76. The Balaban J connectivity index is 1.32. The summed E-state index contributed by atoms with van der Waals surface area (Å²) in [5.74, 6) is 2.91. The second-order valence-electron chi connectivity index (χ2n) is 9.38. The highest BCUT2D eigenvalue weighted by Gasteiger charge is 2.36. The van der Waals surface area contributed by atoms with Crippen molar-refractivity contribution in [1.82, 2.24) is 19.7 Å². The molecule has 4 heterocycles. The van der Waals surface area contributed by atoms with Gasteiger partial charge in [-0.25, -0.2) is 27.2 Å². The van der Waals surface area contributed by atoms with Gasteiger partial charge in [-0.15, -0.1) is 17.8 Å². The Kier molecular flexibility index (Phi) is 8.46. The average Bonchev–Trinajstić information content (AvgIpc) is 3.72. The van der Waals surface area contributed by atoms with E-state index in [2.05, 4.69) is 16.2 Å². The van der Waals surface area contributed by atoms with E-state index in [1.54, 1.807) is 11.0 Å². The lowest BCUT2D eigenvalue weighted by molar-refractivity contribution is -0.110. The van der Waals surface area contributed by atoms with E-state index in [1.165, 1.54) is 11.3 Å². The van der Waals surface area contributed by atoms with Crippen molar-refractivity contribution >= 4 is 23.3 Å². The van der Waals surface area contributed by atoms with Crippen LogP contribution in [0, 0.1) is 12.3 Å². The molecule has 3 atom stereocenters.